The molecule has 1 fully saturated rings. The summed E-state index contributed by atoms with van der Waals surface area (Å²) in [5.41, 5.74) is 1.44. The van der Waals surface area contributed by atoms with Gasteiger partial charge in [0.15, 0.2) is 0 Å². The summed E-state index contributed by atoms with van der Waals surface area (Å²) in [5.74, 6) is 0. The van der Waals surface area contributed by atoms with E-state index in [1.54, 1.807) is 0 Å². The number of hydrogen-bond donors (Lipinski definition) is 2. The lowest BCUT2D eigenvalue weighted by atomic mass is 10.0. The number of halogens is 2. The maximum atomic E-state index is 3.53. The molecule has 2 nitrogen and oxygen atoms in total. The molecule has 1 atom stereocenters. The van der Waals surface area contributed by atoms with Crippen LogP contribution < -0.4 is 10.6 Å². The number of aryl methyl sites for hydroxylation is 1. The summed E-state index contributed by atoms with van der Waals surface area (Å²) in [5, 5.41) is 6.94. The van der Waals surface area contributed by atoms with Gasteiger partial charge in [0, 0.05) is 25.7 Å². The molecule has 0 saturated carbocycles. The number of piperazine rings is 1. The Morgan fingerprint density at radius 2 is 1.81 bits per heavy atom. The summed E-state index contributed by atoms with van der Waals surface area (Å²) in [6.45, 7) is 3.34. The summed E-state index contributed by atoms with van der Waals surface area (Å²) in [4.78, 5) is 0. The highest BCUT2D eigenvalue weighted by Crippen LogP contribution is 2.05. The molecular weight excluding hydrogens is 243 g/mol. The van der Waals surface area contributed by atoms with Crippen molar-refractivity contribution in [1.82, 2.24) is 10.6 Å². The highest BCUT2D eigenvalue weighted by molar-refractivity contribution is 5.85. The predicted molar refractivity (Wildman–Crippen MR) is 73.9 cm³/mol. The topological polar surface area (TPSA) is 24.1 Å². The van der Waals surface area contributed by atoms with Gasteiger partial charge in [0.05, 0.1) is 0 Å². The van der Waals surface area contributed by atoms with Gasteiger partial charge in [-0.05, 0) is 18.4 Å². The van der Waals surface area contributed by atoms with E-state index in [0.29, 0.717) is 6.04 Å². The molecular formula is C12H20Cl2N2. The second kappa shape index (κ2) is 8.82. The number of rotatable bonds is 3. The molecule has 2 N–H and O–H groups in total. The van der Waals surface area contributed by atoms with E-state index in [1.807, 2.05) is 0 Å². The van der Waals surface area contributed by atoms with Crippen molar-refractivity contribution in [1.29, 1.82) is 0 Å². The zero-order valence-electron chi connectivity index (χ0n) is 9.32. The molecule has 1 aliphatic rings. The number of nitrogens with one attached hydrogen (secondary N) is 2. The summed E-state index contributed by atoms with van der Waals surface area (Å²) >= 11 is 0. The molecule has 0 aliphatic carbocycles. The normalized spacial score (nSPS) is 19.4. The minimum atomic E-state index is 0. The first-order valence-electron chi connectivity index (χ1n) is 5.43. The molecule has 0 spiro atoms. The van der Waals surface area contributed by atoms with E-state index in [9.17, 15) is 0 Å². The van der Waals surface area contributed by atoms with Gasteiger partial charge >= 0.3 is 0 Å². The Hall–Kier alpha value is -0.280. The summed E-state index contributed by atoms with van der Waals surface area (Å²) in [6, 6.07) is 11.4. The first kappa shape index (κ1) is 15.7. The molecule has 0 bridgehead atoms. The fourth-order valence-electron chi connectivity index (χ4n) is 1.90. The maximum Gasteiger partial charge on any atom is 0.0196 e. The Kier molecular flexibility index (Phi) is 8.67. The van der Waals surface area contributed by atoms with Crippen LogP contribution >= 0.6 is 24.8 Å². The maximum absolute atomic E-state index is 3.53. The lowest BCUT2D eigenvalue weighted by molar-refractivity contribution is 0.400. The predicted octanol–water partition coefficient (Wildman–Crippen LogP) is 2.02. The van der Waals surface area contributed by atoms with Crippen molar-refractivity contribution < 1.29 is 0 Å². The zero-order chi connectivity index (χ0) is 9.64. The fraction of sp³-hybridized carbons (Fsp3) is 0.500. The summed E-state index contributed by atoms with van der Waals surface area (Å²) in [6.07, 6.45) is 2.41. The third-order valence-electron chi connectivity index (χ3n) is 2.75. The van der Waals surface area contributed by atoms with Crippen molar-refractivity contribution >= 4 is 24.8 Å². The molecule has 92 valence electrons. The Morgan fingerprint density at radius 3 is 2.44 bits per heavy atom. The quantitative estimate of drug-likeness (QED) is 0.872. The van der Waals surface area contributed by atoms with E-state index in [4.69, 9.17) is 0 Å². The molecule has 16 heavy (non-hydrogen) atoms. The summed E-state index contributed by atoms with van der Waals surface area (Å²) in [7, 11) is 0. The lowest BCUT2D eigenvalue weighted by Crippen LogP contribution is -2.48. The highest BCUT2D eigenvalue weighted by Gasteiger charge is 2.10. The molecule has 2 rings (SSSR count). The van der Waals surface area contributed by atoms with Gasteiger partial charge in [-0.15, -0.1) is 24.8 Å². The minimum absolute atomic E-state index is 0. The van der Waals surface area contributed by atoms with Crippen LogP contribution in [0.1, 0.15) is 12.0 Å². The van der Waals surface area contributed by atoms with E-state index in [-0.39, 0.29) is 24.8 Å². The SMILES string of the molecule is Cl.Cl.c1ccc(CCC2CNCCN2)cc1. The van der Waals surface area contributed by atoms with E-state index in [2.05, 4.69) is 41.0 Å². The first-order valence-corrected chi connectivity index (χ1v) is 5.43. The van der Waals surface area contributed by atoms with E-state index in [0.717, 1.165) is 19.6 Å². The van der Waals surface area contributed by atoms with Crippen LogP contribution in [0.25, 0.3) is 0 Å². The molecule has 1 saturated heterocycles. The van der Waals surface area contributed by atoms with Gasteiger partial charge in [0.2, 0.25) is 0 Å². The molecule has 1 aromatic carbocycles. The molecule has 4 heteroatoms. The van der Waals surface area contributed by atoms with Crippen LogP contribution in [0.2, 0.25) is 0 Å². The van der Waals surface area contributed by atoms with Crippen LogP contribution in [0.5, 0.6) is 0 Å². The highest BCUT2D eigenvalue weighted by atomic mass is 35.5. The monoisotopic (exact) mass is 262 g/mol. The van der Waals surface area contributed by atoms with Gasteiger partial charge < -0.3 is 10.6 Å². The van der Waals surface area contributed by atoms with Crippen LogP contribution in [-0.2, 0) is 6.42 Å². The average Bonchev–Trinajstić information content (AvgIpc) is 2.29. The molecule has 0 radical (unpaired) electrons. The van der Waals surface area contributed by atoms with Gasteiger partial charge in [-0.2, -0.15) is 0 Å². The van der Waals surface area contributed by atoms with Gasteiger partial charge in [-0.3, -0.25) is 0 Å². The van der Waals surface area contributed by atoms with Crippen molar-refractivity contribution in [3.05, 3.63) is 35.9 Å². The molecule has 1 heterocycles. The molecule has 0 amide bonds. The fourth-order valence-corrected chi connectivity index (χ4v) is 1.90. The van der Waals surface area contributed by atoms with Crippen molar-refractivity contribution in [2.45, 2.75) is 18.9 Å². The van der Waals surface area contributed by atoms with Crippen molar-refractivity contribution in [3.8, 4) is 0 Å². The molecule has 1 unspecified atom stereocenters. The lowest BCUT2D eigenvalue weighted by Gasteiger charge is -2.24. The van der Waals surface area contributed by atoms with Gasteiger partial charge in [-0.1, -0.05) is 30.3 Å². The Morgan fingerprint density at radius 1 is 1.06 bits per heavy atom. The van der Waals surface area contributed by atoms with E-state index in [1.165, 1.54) is 18.4 Å². The minimum Gasteiger partial charge on any atom is -0.314 e. The zero-order valence-corrected chi connectivity index (χ0v) is 10.9. The van der Waals surface area contributed by atoms with Gasteiger partial charge in [0.25, 0.3) is 0 Å². The second-order valence-electron chi connectivity index (χ2n) is 3.88. The van der Waals surface area contributed by atoms with E-state index < -0.39 is 0 Å². The van der Waals surface area contributed by atoms with Crippen molar-refractivity contribution in [2.24, 2.45) is 0 Å². The average molecular weight is 263 g/mol. The second-order valence-corrected chi connectivity index (χ2v) is 3.88. The Labute approximate surface area is 110 Å². The Bertz CT molecular complexity index is 261. The van der Waals surface area contributed by atoms with Gasteiger partial charge in [0.1, 0.15) is 0 Å². The van der Waals surface area contributed by atoms with Crippen LogP contribution in [0.4, 0.5) is 0 Å². The third-order valence-corrected chi connectivity index (χ3v) is 2.75. The Balaban J connectivity index is 0.00000112. The van der Waals surface area contributed by atoms with Crippen LogP contribution in [0, 0.1) is 0 Å². The smallest absolute Gasteiger partial charge is 0.0196 e. The summed E-state index contributed by atoms with van der Waals surface area (Å²) < 4.78 is 0. The van der Waals surface area contributed by atoms with Crippen LogP contribution in [-0.4, -0.2) is 25.7 Å². The molecule has 1 aliphatic heterocycles. The standard InChI is InChI=1S/C12H18N2.2ClH/c1-2-4-11(5-3-1)6-7-12-10-13-8-9-14-12;;/h1-5,12-14H,6-10H2;2*1H. The molecule has 1 aromatic rings. The van der Waals surface area contributed by atoms with Crippen LogP contribution in [0.15, 0.2) is 30.3 Å². The largest absolute Gasteiger partial charge is 0.314 e. The molecule has 0 aromatic heterocycles. The number of hydrogen-bond acceptors (Lipinski definition) is 2. The van der Waals surface area contributed by atoms with Crippen molar-refractivity contribution in [3.63, 3.8) is 0 Å². The van der Waals surface area contributed by atoms with Crippen LogP contribution in [0.3, 0.4) is 0 Å². The first-order chi connectivity index (χ1) is 6.95. The van der Waals surface area contributed by atoms with Crippen molar-refractivity contribution in [2.75, 3.05) is 19.6 Å². The van der Waals surface area contributed by atoms with Gasteiger partial charge in [-0.25, -0.2) is 0 Å². The van der Waals surface area contributed by atoms with E-state index >= 15 is 0 Å². The third kappa shape index (κ3) is 5.17. The number of benzene rings is 1.